The van der Waals surface area contributed by atoms with Crippen molar-refractivity contribution in [2.75, 3.05) is 13.2 Å². The first-order valence-electron chi connectivity index (χ1n) is 7.24. The minimum absolute atomic E-state index is 0.311. The van der Waals surface area contributed by atoms with E-state index >= 15 is 0 Å². The number of carbonyl (C=O) groups excluding carboxylic acids is 4. The largest absolute Gasteiger partial charge is 0.456 e. The topological polar surface area (TPSA) is 98.8 Å². The molecule has 0 aliphatic carbocycles. The van der Waals surface area contributed by atoms with Crippen molar-refractivity contribution < 1.29 is 28.7 Å². The van der Waals surface area contributed by atoms with Gasteiger partial charge in [-0.15, -0.1) is 11.3 Å². The van der Waals surface area contributed by atoms with Crippen molar-refractivity contribution in [3.8, 4) is 5.75 Å². The first-order valence-corrected chi connectivity index (χ1v) is 8.12. The molecule has 0 fully saturated rings. The predicted octanol–water partition coefficient (Wildman–Crippen LogP) is 1.83. The molecule has 1 aromatic carbocycles. The van der Waals surface area contributed by atoms with Gasteiger partial charge >= 0.3 is 11.9 Å². The molecule has 2 aromatic rings. The lowest BCUT2D eigenvalue weighted by Gasteiger charge is -2.06. The van der Waals surface area contributed by atoms with E-state index in [0.29, 0.717) is 16.2 Å². The second kappa shape index (κ2) is 8.74. The summed E-state index contributed by atoms with van der Waals surface area (Å²) in [6.07, 6.45) is 0. The summed E-state index contributed by atoms with van der Waals surface area (Å²) in [5.74, 6) is -1.64. The number of ether oxygens (including phenoxy) is 2. The summed E-state index contributed by atoms with van der Waals surface area (Å²) in [5.41, 5.74) is 0.311. The van der Waals surface area contributed by atoms with Crippen LogP contribution in [0.4, 0.5) is 0 Å². The molecule has 0 aliphatic rings. The molecule has 1 N–H and O–H groups in total. The summed E-state index contributed by atoms with van der Waals surface area (Å²) < 4.78 is 9.69. The third kappa shape index (κ3) is 5.85. The molecule has 0 saturated carbocycles. The molecule has 0 unspecified atom stereocenters. The number of hydrogen-bond donors (Lipinski definition) is 1. The van der Waals surface area contributed by atoms with Crippen LogP contribution < -0.4 is 10.1 Å². The maximum Gasteiger partial charge on any atom is 0.325 e. The third-order valence-corrected chi connectivity index (χ3v) is 3.81. The summed E-state index contributed by atoms with van der Waals surface area (Å²) in [6, 6.07) is 9.23. The lowest BCUT2D eigenvalue weighted by molar-refractivity contribution is -0.141. The zero-order valence-corrected chi connectivity index (χ0v) is 14.1. The Labute approximate surface area is 147 Å². The number of ketones is 1. The van der Waals surface area contributed by atoms with Gasteiger partial charge in [-0.3, -0.25) is 19.2 Å². The zero-order chi connectivity index (χ0) is 18.2. The molecule has 25 heavy (non-hydrogen) atoms. The average Bonchev–Trinajstić information content (AvgIpc) is 3.12. The number of carbonyl (C=O) groups is 4. The molecule has 0 bridgehead atoms. The van der Waals surface area contributed by atoms with E-state index in [0.717, 1.165) is 0 Å². The number of Topliss-reactive ketones (excluding diaryl/α,β-unsaturated/α-hetero) is 1. The normalized spacial score (nSPS) is 9.96. The fourth-order valence-corrected chi connectivity index (χ4v) is 2.44. The molecular weight excluding hydrogens is 346 g/mol. The Hall–Kier alpha value is -3.00. The molecule has 1 amide bonds. The highest BCUT2D eigenvalue weighted by Gasteiger charge is 2.12. The van der Waals surface area contributed by atoms with Crippen LogP contribution in [-0.4, -0.2) is 36.8 Å². The van der Waals surface area contributed by atoms with Crippen LogP contribution in [0.15, 0.2) is 41.8 Å². The smallest absolute Gasteiger partial charge is 0.325 e. The molecule has 1 heterocycles. The molecule has 2 rings (SSSR count). The second-order valence-electron chi connectivity index (χ2n) is 4.86. The first-order chi connectivity index (χ1) is 12.0. The number of esters is 2. The number of nitrogens with one attached hydrogen (secondary N) is 1. The molecule has 0 aliphatic heterocycles. The Bertz CT molecular complexity index is 767. The quantitative estimate of drug-likeness (QED) is 0.459. The van der Waals surface area contributed by atoms with Crippen LogP contribution in [0.25, 0.3) is 0 Å². The van der Waals surface area contributed by atoms with Gasteiger partial charge in [0.05, 0.1) is 4.88 Å². The summed E-state index contributed by atoms with van der Waals surface area (Å²) >= 11 is 1.25. The second-order valence-corrected chi connectivity index (χ2v) is 5.81. The summed E-state index contributed by atoms with van der Waals surface area (Å²) in [4.78, 5) is 46.5. The number of amides is 1. The van der Waals surface area contributed by atoms with Crippen LogP contribution in [0.5, 0.6) is 5.75 Å². The predicted molar refractivity (Wildman–Crippen MR) is 89.7 cm³/mol. The fourth-order valence-electron chi connectivity index (χ4n) is 1.80. The van der Waals surface area contributed by atoms with E-state index in [4.69, 9.17) is 9.47 Å². The number of hydrogen-bond acceptors (Lipinski definition) is 7. The fraction of sp³-hybridized carbons (Fsp3) is 0.176. The Morgan fingerprint density at radius 2 is 1.80 bits per heavy atom. The van der Waals surface area contributed by atoms with Gasteiger partial charge in [0.25, 0.3) is 5.91 Å². The number of benzene rings is 1. The highest BCUT2D eigenvalue weighted by molar-refractivity contribution is 7.12. The minimum Gasteiger partial charge on any atom is -0.456 e. The van der Waals surface area contributed by atoms with Gasteiger partial charge in [0.15, 0.2) is 12.4 Å². The highest BCUT2D eigenvalue weighted by Crippen LogP contribution is 2.13. The van der Waals surface area contributed by atoms with Crippen molar-refractivity contribution >= 4 is 35.0 Å². The lowest BCUT2D eigenvalue weighted by Crippen LogP contribution is -2.31. The van der Waals surface area contributed by atoms with Crippen LogP contribution in [0.2, 0.25) is 0 Å². The van der Waals surface area contributed by atoms with Gasteiger partial charge in [-0.25, -0.2) is 0 Å². The lowest BCUT2D eigenvalue weighted by atomic mass is 10.1. The average molecular weight is 361 g/mol. The van der Waals surface area contributed by atoms with Gasteiger partial charge in [-0.05, 0) is 35.7 Å². The van der Waals surface area contributed by atoms with E-state index in [2.05, 4.69) is 5.32 Å². The van der Waals surface area contributed by atoms with E-state index in [1.54, 1.807) is 17.5 Å². The van der Waals surface area contributed by atoms with Gasteiger partial charge in [0, 0.05) is 12.5 Å². The van der Waals surface area contributed by atoms with E-state index in [9.17, 15) is 19.2 Å². The van der Waals surface area contributed by atoms with E-state index in [1.165, 1.54) is 42.5 Å². The van der Waals surface area contributed by atoms with Crippen LogP contribution in [-0.2, 0) is 14.3 Å². The van der Waals surface area contributed by atoms with Gasteiger partial charge < -0.3 is 14.8 Å². The molecule has 7 nitrogen and oxygen atoms in total. The Balaban J connectivity index is 1.76. The van der Waals surface area contributed by atoms with E-state index in [1.807, 2.05) is 0 Å². The van der Waals surface area contributed by atoms with Crippen molar-refractivity contribution in [3.63, 3.8) is 0 Å². The van der Waals surface area contributed by atoms with Gasteiger partial charge in [0.1, 0.15) is 12.3 Å². The summed E-state index contributed by atoms with van der Waals surface area (Å²) in [6.45, 7) is 0.506. The van der Waals surface area contributed by atoms with Crippen LogP contribution in [0, 0.1) is 0 Å². The van der Waals surface area contributed by atoms with Crippen molar-refractivity contribution in [1.29, 1.82) is 0 Å². The highest BCUT2D eigenvalue weighted by atomic mass is 32.1. The maximum atomic E-state index is 11.9. The van der Waals surface area contributed by atoms with Crippen LogP contribution in [0.1, 0.15) is 27.0 Å². The number of rotatable bonds is 7. The zero-order valence-electron chi connectivity index (χ0n) is 13.3. The van der Waals surface area contributed by atoms with Gasteiger partial charge in [0.2, 0.25) is 0 Å². The minimum atomic E-state index is -0.713. The molecular formula is C17H15NO6S. The molecule has 0 saturated heterocycles. The summed E-state index contributed by atoms with van der Waals surface area (Å²) in [7, 11) is 0. The van der Waals surface area contributed by atoms with E-state index < -0.39 is 24.3 Å². The Morgan fingerprint density at radius 1 is 1.08 bits per heavy atom. The van der Waals surface area contributed by atoms with Crippen molar-refractivity contribution in [3.05, 3.63) is 52.2 Å². The SMILES string of the molecule is CC(=O)Oc1ccc(C(=O)COC(=O)CNC(=O)c2cccs2)cc1. The summed E-state index contributed by atoms with van der Waals surface area (Å²) in [5, 5.41) is 4.16. The standard InChI is InChI=1S/C17H15NO6S/c1-11(19)24-13-6-4-12(5-7-13)14(20)10-23-16(21)9-18-17(22)15-3-2-8-25-15/h2-8H,9-10H2,1H3,(H,18,22). The molecule has 0 spiro atoms. The first kappa shape index (κ1) is 18.3. The van der Waals surface area contributed by atoms with Crippen LogP contribution in [0.3, 0.4) is 0 Å². The monoisotopic (exact) mass is 361 g/mol. The molecule has 0 radical (unpaired) electrons. The van der Waals surface area contributed by atoms with Gasteiger partial charge in [-0.1, -0.05) is 6.07 Å². The van der Waals surface area contributed by atoms with Gasteiger partial charge in [-0.2, -0.15) is 0 Å². The van der Waals surface area contributed by atoms with Crippen molar-refractivity contribution in [2.24, 2.45) is 0 Å². The maximum absolute atomic E-state index is 11.9. The van der Waals surface area contributed by atoms with E-state index in [-0.39, 0.29) is 12.5 Å². The Kier molecular flexibility index (Phi) is 6.41. The third-order valence-electron chi connectivity index (χ3n) is 2.94. The molecule has 8 heteroatoms. The Morgan fingerprint density at radius 3 is 2.40 bits per heavy atom. The van der Waals surface area contributed by atoms with Crippen molar-refractivity contribution in [2.45, 2.75) is 6.92 Å². The van der Waals surface area contributed by atoms with Crippen molar-refractivity contribution in [1.82, 2.24) is 5.32 Å². The van der Waals surface area contributed by atoms with Crippen LogP contribution >= 0.6 is 11.3 Å². The number of thiophene rings is 1. The molecule has 130 valence electrons. The molecule has 0 atom stereocenters. The molecule has 1 aromatic heterocycles.